The fourth-order valence-electron chi connectivity index (χ4n) is 2.23. The predicted octanol–water partition coefficient (Wildman–Crippen LogP) is 3.59. The largest absolute Gasteiger partial charge is 0.297 e. The molecule has 0 bridgehead atoms. The second-order valence-corrected chi connectivity index (χ2v) is 7.10. The lowest BCUT2D eigenvalue weighted by molar-refractivity contribution is 0.0674. The molecule has 1 saturated carbocycles. The van der Waals surface area contributed by atoms with Gasteiger partial charge in [-0.25, -0.2) is 0 Å². The molecule has 0 unspecified atom stereocenters. The molecule has 2 rings (SSSR count). The molecule has 4 heteroatoms. The van der Waals surface area contributed by atoms with Crippen LogP contribution in [-0.4, -0.2) is 14.0 Å². The summed E-state index contributed by atoms with van der Waals surface area (Å²) >= 11 is 0. The number of benzene rings is 1. The molecule has 1 aliphatic rings. The summed E-state index contributed by atoms with van der Waals surface area (Å²) in [6.45, 7) is 7.73. The normalized spacial score (nSPS) is 19.4. The maximum atomic E-state index is 12.3. The van der Waals surface area contributed by atoms with Crippen molar-refractivity contribution >= 4 is 10.1 Å². The molecule has 3 nitrogen and oxygen atoms in total. The lowest BCUT2D eigenvalue weighted by atomic mass is 9.84. The van der Waals surface area contributed by atoms with Crippen LogP contribution in [0.15, 0.2) is 41.3 Å². The zero-order valence-corrected chi connectivity index (χ0v) is 12.3. The molecule has 0 atom stereocenters. The molecule has 19 heavy (non-hydrogen) atoms. The standard InChI is InChI=1S/C15H20O3S/c1-12-4-6-14(7-5-12)19(16,17)18-15(3)10-8-13(2)9-11-15/h4-7H,2,8-11H2,1,3H3. The summed E-state index contributed by atoms with van der Waals surface area (Å²) in [5.74, 6) is 0. The fraction of sp³-hybridized carbons (Fsp3) is 0.467. The minimum absolute atomic E-state index is 0.226. The fourth-order valence-corrected chi connectivity index (χ4v) is 3.50. The molecule has 1 fully saturated rings. The number of allylic oxidation sites excluding steroid dienone is 1. The molecule has 1 aromatic rings. The number of hydrogen-bond donors (Lipinski definition) is 0. The second-order valence-electron chi connectivity index (χ2n) is 5.55. The first kappa shape index (κ1) is 14.3. The molecule has 0 aliphatic heterocycles. The van der Waals surface area contributed by atoms with Crippen molar-refractivity contribution in [3.05, 3.63) is 42.0 Å². The molecule has 0 radical (unpaired) electrons. The van der Waals surface area contributed by atoms with E-state index >= 15 is 0 Å². The number of aryl methyl sites for hydroxylation is 1. The van der Waals surface area contributed by atoms with Crippen LogP contribution in [-0.2, 0) is 14.3 Å². The molecular formula is C15H20O3S. The molecule has 0 spiro atoms. The van der Waals surface area contributed by atoms with E-state index in [4.69, 9.17) is 4.18 Å². The van der Waals surface area contributed by atoms with Crippen molar-refractivity contribution in [1.82, 2.24) is 0 Å². The average Bonchev–Trinajstić information content (AvgIpc) is 2.33. The van der Waals surface area contributed by atoms with E-state index in [1.54, 1.807) is 24.3 Å². The summed E-state index contributed by atoms with van der Waals surface area (Å²) in [5.41, 5.74) is 1.60. The maximum absolute atomic E-state index is 12.3. The van der Waals surface area contributed by atoms with E-state index in [9.17, 15) is 8.42 Å². The van der Waals surface area contributed by atoms with Crippen LogP contribution in [0.2, 0.25) is 0 Å². The van der Waals surface area contributed by atoms with Crippen LogP contribution < -0.4 is 0 Å². The van der Waals surface area contributed by atoms with Crippen LogP contribution in [0.1, 0.15) is 38.2 Å². The van der Waals surface area contributed by atoms with Crippen LogP contribution in [0.5, 0.6) is 0 Å². The van der Waals surface area contributed by atoms with Gasteiger partial charge < -0.3 is 0 Å². The summed E-state index contributed by atoms with van der Waals surface area (Å²) < 4.78 is 30.0. The smallest absolute Gasteiger partial charge is 0.260 e. The Morgan fingerprint density at radius 1 is 1.16 bits per heavy atom. The predicted molar refractivity (Wildman–Crippen MR) is 75.5 cm³/mol. The van der Waals surface area contributed by atoms with E-state index in [1.165, 1.54) is 5.57 Å². The van der Waals surface area contributed by atoms with Crippen molar-refractivity contribution < 1.29 is 12.6 Å². The Morgan fingerprint density at radius 2 is 1.68 bits per heavy atom. The van der Waals surface area contributed by atoms with Gasteiger partial charge in [-0.1, -0.05) is 29.8 Å². The molecule has 0 N–H and O–H groups in total. The number of hydrogen-bond acceptors (Lipinski definition) is 3. The highest BCUT2D eigenvalue weighted by molar-refractivity contribution is 7.86. The van der Waals surface area contributed by atoms with Crippen molar-refractivity contribution in [2.24, 2.45) is 0 Å². The van der Waals surface area contributed by atoms with Gasteiger partial charge in [-0.15, -0.1) is 0 Å². The highest BCUT2D eigenvalue weighted by atomic mass is 32.2. The molecule has 0 aromatic heterocycles. The second kappa shape index (κ2) is 5.10. The summed E-state index contributed by atoms with van der Waals surface area (Å²) in [7, 11) is -3.68. The monoisotopic (exact) mass is 280 g/mol. The Bertz CT molecular complexity index is 560. The quantitative estimate of drug-likeness (QED) is 0.627. The maximum Gasteiger partial charge on any atom is 0.297 e. The van der Waals surface area contributed by atoms with E-state index in [0.29, 0.717) is 12.8 Å². The van der Waals surface area contributed by atoms with Crippen molar-refractivity contribution in [2.45, 2.75) is 50.0 Å². The van der Waals surface area contributed by atoms with Gasteiger partial charge in [-0.2, -0.15) is 8.42 Å². The summed E-state index contributed by atoms with van der Waals surface area (Å²) in [6, 6.07) is 6.74. The van der Waals surface area contributed by atoms with Gasteiger partial charge in [0.15, 0.2) is 0 Å². The van der Waals surface area contributed by atoms with Gasteiger partial charge in [0.2, 0.25) is 0 Å². The Morgan fingerprint density at radius 3 is 2.21 bits per heavy atom. The van der Waals surface area contributed by atoms with Crippen LogP contribution in [0.25, 0.3) is 0 Å². The third kappa shape index (κ3) is 3.45. The van der Waals surface area contributed by atoms with Crippen LogP contribution in [0.3, 0.4) is 0 Å². The van der Waals surface area contributed by atoms with Crippen molar-refractivity contribution in [3.8, 4) is 0 Å². The van der Waals surface area contributed by atoms with Gasteiger partial charge in [0, 0.05) is 0 Å². The van der Waals surface area contributed by atoms with Crippen molar-refractivity contribution in [2.75, 3.05) is 0 Å². The third-order valence-electron chi connectivity index (χ3n) is 3.64. The first-order chi connectivity index (χ1) is 8.81. The SMILES string of the molecule is C=C1CCC(C)(OS(=O)(=O)c2ccc(C)cc2)CC1. The van der Waals surface area contributed by atoms with E-state index in [0.717, 1.165) is 18.4 Å². The molecule has 104 valence electrons. The lowest BCUT2D eigenvalue weighted by Gasteiger charge is -2.33. The van der Waals surface area contributed by atoms with E-state index in [-0.39, 0.29) is 4.90 Å². The molecule has 0 saturated heterocycles. The van der Waals surface area contributed by atoms with Gasteiger partial charge in [-0.05, 0) is 51.7 Å². The summed E-state index contributed by atoms with van der Waals surface area (Å²) in [4.78, 5) is 0.226. The van der Waals surface area contributed by atoms with Gasteiger partial charge in [0.05, 0.1) is 10.5 Å². The van der Waals surface area contributed by atoms with E-state index in [1.807, 2.05) is 13.8 Å². The van der Waals surface area contributed by atoms with E-state index < -0.39 is 15.7 Å². The highest BCUT2D eigenvalue weighted by Crippen LogP contribution is 2.35. The lowest BCUT2D eigenvalue weighted by Crippen LogP contribution is -2.34. The van der Waals surface area contributed by atoms with Gasteiger partial charge in [0.25, 0.3) is 10.1 Å². The molecule has 1 aliphatic carbocycles. The molecule has 1 aromatic carbocycles. The first-order valence-electron chi connectivity index (χ1n) is 6.50. The molecular weight excluding hydrogens is 260 g/mol. The van der Waals surface area contributed by atoms with E-state index in [2.05, 4.69) is 6.58 Å². The first-order valence-corrected chi connectivity index (χ1v) is 7.91. The highest BCUT2D eigenvalue weighted by Gasteiger charge is 2.34. The van der Waals surface area contributed by atoms with Crippen molar-refractivity contribution in [3.63, 3.8) is 0 Å². The Kier molecular flexibility index (Phi) is 3.83. The average molecular weight is 280 g/mol. The number of rotatable bonds is 3. The molecule has 0 amide bonds. The van der Waals surface area contributed by atoms with Gasteiger partial charge in [-0.3, -0.25) is 4.18 Å². The Balaban J connectivity index is 2.17. The van der Waals surface area contributed by atoms with Gasteiger partial charge >= 0.3 is 0 Å². The van der Waals surface area contributed by atoms with Crippen molar-refractivity contribution in [1.29, 1.82) is 0 Å². The summed E-state index contributed by atoms with van der Waals surface area (Å²) in [5, 5.41) is 0. The molecule has 0 heterocycles. The van der Waals surface area contributed by atoms with Gasteiger partial charge in [0.1, 0.15) is 0 Å². The summed E-state index contributed by atoms with van der Waals surface area (Å²) in [6.07, 6.45) is 3.08. The third-order valence-corrected chi connectivity index (χ3v) is 5.11. The van der Waals surface area contributed by atoms with Crippen LogP contribution >= 0.6 is 0 Å². The minimum atomic E-state index is -3.68. The van der Waals surface area contributed by atoms with Crippen LogP contribution in [0.4, 0.5) is 0 Å². The zero-order valence-electron chi connectivity index (χ0n) is 11.5. The minimum Gasteiger partial charge on any atom is -0.260 e. The Hall–Kier alpha value is -1.13. The topological polar surface area (TPSA) is 43.4 Å². The Labute approximate surface area is 115 Å². The van der Waals surface area contributed by atoms with Crippen LogP contribution in [0, 0.1) is 6.92 Å². The zero-order chi connectivity index (χ0) is 14.1.